The van der Waals surface area contributed by atoms with Crippen LogP contribution in [0.3, 0.4) is 0 Å². The summed E-state index contributed by atoms with van der Waals surface area (Å²) < 4.78 is 6.34. The number of aliphatic carboxylic acids is 1. The summed E-state index contributed by atoms with van der Waals surface area (Å²) in [7, 11) is 0. The fourth-order valence-corrected chi connectivity index (χ4v) is 8.52. The van der Waals surface area contributed by atoms with Crippen LogP contribution in [0.1, 0.15) is 72.1 Å². The van der Waals surface area contributed by atoms with Crippen LogP contribution < -0.4 is 0 Å². The molecule has 3 heteroatoms. The molecular weight excluding hydrogens is 288 g/mol. The van der Waals surface area contributed by atoms with Crippen LogP contribution in [-0.2, 0) is 9.53 Å². The van der Waals surface area contributed by atoms with Crippen LogP contribution in [0.25, 0.3) is 0 Å². The highest BCUT2D eigenvalue weighted by molar-refractivity contribution is 5.75. The van der Waals surface area contributed by atoms with Crippen molar-refractivity contribution in [2.75, 3.05) is 0 Å². The summed E-state index contributed by atoms with van der Waals surface area (Å²) in [6.07, 6.45) is 9.77. The predicted octanol–water partition coefficient (Wildman–Crippen LogP) is 4.25. The van der Waals surface area contributed by atoms with Crippen LogP contribution in [0, 0.1) is 34.0 Å². The third-order valence-electron chi connectivity index (χ3n) is 9.38. The lowest BCUT2D eigenvalue weighted by Gasteiger charge is -2.64. The summed E-state index contributed by atoms with van der Waals surface area (Å²) in [5, 5.41) is 9.95. The van der Waals surface area contributed by atoms with E-state index < -0.39 is 11.4 Å². The molecule has 0 aromatic heterocycles. The molecule has 5 aliphatic rings. The van der Waals surface area contributed by atoms with Gasteiger partial charge < -0.3 is 9.84 Å². The Balaban J connectivity index is 1.57. The maximum Gasteiger partial charge on any atom is 0.309 e. The van der Waals surface area contributed by atoms with Crippen LogP contribution >= 0.6 is 0 Å². The molecule has 2 bridgehead atoms. The monoisotopic (exact) mass is 318 g/mol. The number of rotatable bonds is 1. The van der Waals surface area contributed by atoms with Crippen LogP contribution in [0.15, 0.2) is 0 Å². The largest absolute Gasteiger partial charge is 0.481 e. The zero-order valence-corrected chi connectivity index (χ0v) is 14.7. The summed E-state index contributed by atoms with van der Waals surface area (Å²) in [6, 6.07) is 0. The Labute approximate surface area is 139 Å². The molecule has 0 aromatic carbocycles. The first-order valence-corrected chi connectivity index (χ1v) is 9.65. The molecule has 1 spiro atoms. The van der Waals surface area contributed by atoms with Gasteiger partial charge in [-0.2, -0.15) is 0 Å². The third-order valence-corrected chi connectivity index (χ3v) is 9.38. The lowest BCUT2D eigenvalue weighted by atomic mass is 9.41. The molecule has 8 atom stereocenters. The molecule has 4 saturated carbocycles. The normalized spacial score (nSPS) is 62.9. The van der Waals surface area contributed by atoms with Crippen molar-refractivity contribution in [2.45, 2.75) is 83.8 Å². The molecule has 3 nitrogen and oxygen atoms in total. The molecule has 0 amide bonds. The van der Waals surface area contributed by atoms with Gasteiger partial charge in [-0.1, -0.05) is 13.3 Å². The van der Waals surface area contributed by atoms with Crippen molar-refractivity contribution in [3.05, 3.63) is 0 Å². The molecule has 1 saturated heterocycles. The van der Waals surface area contributed by atoms with Crippen molar-refractivity contribution in [3.63, 3.8) is 0 Å². The lowest BCUT2D eigenvalue weighted by molar-refractivity contribution is -0.250. The maximum absolute atomic E-state index is 12.1. The average Bonchev–Trinajstić information content (AvgIpc) is 2.59. The molecule has 1 heterocycles. The topological polar surface area (TPSA) is 46.5 Å². The van der Waals surface area contributed by atoms with E-state index in [1.165, 1.54) is 32.1 Å². The third kappa shape index (κ3) is 1.50. The van der Waals surface area contributed by atoms with Crippen molar-refractivity contribution in [3.8, 4) is 0 Å². The van der Waals surface area contributed by atoms with Crippen molar-refractivity contribution < 1.29 is 14.6 Å². The number of ether oxygens (including phenoxy) is 1. The second kappa shape index (κ2) is 3.98. The molecule has 4 aliphatic carbocycles. The summed E-state index contributed by atoms with van der Waals surface area (Å²) in [5.74, 6) is 1.25. The quantitative estimate of drug-likeness (QED) is 0.786. The van der Waals surface area contributed by atoms with Crippen LogP contribution in [0.2, 0.25) is 0 Å². The Bertz CT molecular complexity index is 587. The smallest absolute Gasteiger partial charge is 0.309 e. The van der Waals surface area contributed by atoms with E-state index in [0.717, 1.165) is 25.2 Å². The Hall–Kier alpha value is -0.570. The number of carboxylic acids is 1. The summed E-state index contributed by atoms with van der Waals surface area (Å²) in [5.41, 5.74) is 0.283. The van der Waals surface area contributed by atoms with Gasteiger partial charge in [-0.15, -0.1) is 0 Å². The first-order valence-electron chi connectivity index (χ1n) is 9.65. The SMILES string of the molecule is CC12C[C@@]34CC[C@H]5[C@@](C)(CCC[C@@]5(C)C(=O)O)[C@@H]3CC(O1)[C@@H]2C4. The molecule has 5 fully saturated rings. The first kappa shape index (κ1) is 14.7. The molecule has 2 unspecified atom stereocenters. The lowest BCUT2D eigenvalue weighted by Crippen LogP contribution is -2.61. The number of hydrogen-bond acceptors (Lipinski definition) is 2. The van der Waals surface area contributed by atoms with Crippen LogP contribution in [-0.4, -0.2) is 22.8 Å². The van der Waals surface area contributed by atoms with Gasteiger partial charge in [-0.3, -0.25) is 4.79 Å². The van der Waals surface area contributed by atoms with E-state index in [9.17, 15) is 9.90 Å². The highest BCUT2D eigenvalue weighted by Gasteiger charge is 2.73. The van der Waals surface area contributed by atoms with E-state index in [1.54, 1.807) is 0 Å². The van der Waals surface area contributed by atoms with Gasteiger partial charge in [-0.25, -0.2) is 0 Å². The number of carboxylic acid groups (broad SMARTS) is 1. The highest BCUT2D eigenvalue weighted by Crippen LogP contribution is 2.76. The van der Waals surface area contributed by atoms with Crippen molar-refractivity contribution in [1.29, 1.82) is 0 Å². The van der Waals surface area contributed by atoms with Crippen molar-refractivity contribution in [1.82, 2.24) is 0 Å². The molecule has 0 aromatic rings. The number of hydrogen-bond donors (Lipinski definition) is 1. The number of carbonyl (C=O) groups is 1. The predicted molar refractivity (Wildman–Crippen MR) is 87.0 cm³/mol. The fraction of sp³-hybridized carbons (Fsp3) is 0.950. The van der Waals surface area contributed by atoms with Crippen LogP contribution in [0.4, 0.5) is 0 Å². The van der Waals surface area contributed by atoms with Gasteiger partial charge in [-0.05, 0) is 81.5 Å². The van der Waals surface area contributed by atoms with Gasteiger partial charge in [0, 0.05) is 5.92 Å². The fourth-order valence-electron chi connectivity index (χ4n) is 8.52. The van der Waals surface area contributed by atoms with Crippen molar-refractivity contribution >= 4 is 5.97 Å². The van der Waals surface area contributed by atoms with E-state index >= 15 is 0 Å². The summed E-state index contributed by atoms with van der Waals surface area (Å²) in [4.78, 5) is 12.1. The first-order chi connectivity index (χ1) is 10.7. The molecule has 5 rings (SSSR count). The molecule has 128 valence electrons. The minimum absolute atomic E-state index is 0.146. The molecular formula is C20H30O3. The summed E-state index contributed by atoms with van der Waals surface area (Å²) in [6.45, 7) is 6.82. The van der Waals surface area contributed by atoms with Gasteiger partial charge in [0.2, 0.25) is 0 Å². The minimum atomic E-state index is -0.558. The standard InChI is InChI=1S/C20H30O3/c1-17-6-4-7-18(2,16(21)22)14(17)5-8-20-10-12-13(9-15(17)20)23-19(12,3)11-20/h12-15H,4-11H2,1-3H3,(H,21,22)/t12-,13?,14-,15-,17+,18+,19?,20-/m0/s1. The van der Waals surface area contributed by atoms with Gasteiger partial charge >= 0.3 is 5.97 Å². The minimum Gasteiger partial charge on any atom is -0.481 e. The Morgan fingerprint density at radius 2 is 1.91 bits per heavy atom. The number of fused-ring (bicyclic) bond motifs is 2. The second-order valence-electron chi connectivity index (χ2n) is 10.3. The van der Waals surface area contributed by atoms with Crippen LogP contribution in [0.5, 0.6) is 0 Å². The second-order valence-corrected chi connectivity index (χ2v) is 10.3. The molecule has 23 heavy (non-hydrogen) atoms. The van der Waals surface area contributed by atoms with E-state index in [2.05, 4.69) is 13.8 Å². The Morgan fingerprint density at radius 1 is 1.13 bits per heavy atom. The molecule has 0 radical (unpaired) electrons. The van der Waals surface area contributed by atoms with Gasteiger partial charge in [0.1, 0.15) is 0 Å². The summed E-state index contributed by atoms with van der Waals surface area (Å²) >= 11 is 0. The molecule has 1 N–H and O–H groups in total. The average molecular weight is 318 g/mol. The zero-order chi connectivity index (χ0) is 16.3. The Morgan fingerprint density at radius 3 is 2.65 bits per heavy atom. The highest BCUT2D eigenvalue weighted by atomic mass is 16.5. The van der Waals surface area contributed by atoms with E-state index in [4.69, 9.17) is 4.74 Å². The van der Waals surface area contributed by atoms with Gasteiger partial charge in [0.15, 0.2) is 0 Å². The van der Waals surface area contributed by atoms with Gasteiger partial charge in [0.05, 0.1) is 17.1 Å². The van der Waals surface area contributed by atoms with E-state index in [-0.39, 0.29) is 11.0 Å². The maximum atomic E-state index is 12.1. The Kier molecular flexibility index (Phi) is 2.55. The van der Waals surface area contributed by atoms with Gasteiger partial charge in [0.25, 0.3) is 0 Å². The van der Waals surface area contributed by atoms with Crippen molar-refractivity contribution in [2.24, 2.45) is 34.0 Å². The van der Waals surface area contributed by atoms with E-state index in [1.807, 2.05) is 6.92 Å². The van der Waals surface area contributed by atoms with E-state index in [0.29, 0.717) is 23.4 Å². The molecule has 1 aliphatic heterocycles. The zero-order valence-electron chi connectivity index (χ0n) is 14.7.